The van der Waals surface area contributed by atoms with Gasteiger partial charge in [0.15, 0.2) is 5.65 Å². The zero-order valence-corrected chi connectivity index (χ0v) is 15.2. The summed E-state index contributed by atoms with van der Waals surface area (Å²) in [5.74, 6) is 0. The summed E-state index contributed by atoms with van der Waals surface area (Å²) >= 11 is 3.46. The lowest BCUT2D eigenvalue weighted by Gasteiger charge is -2.11. The Labute approximate surface area is 152 Å². The second-order valence-electron chi connectivity index (χ2n) is 5.35. The van der Waals surface area contributed by atoms with E-state index >= 15 is 0 Å². The summed E-state index contributed by atoms with van der Waals surface area (Å²) in [6.45, 7) is 0.259. The van der Waals surface area contributed by atoms with Crippen LogP contribution in [0.3, 0.4) is 0 Å². The standard InChI is InChI=1S/C16H12BrN5O2S/c17-15-6-7-18-16-14(15)10-12(11-21-9-8-19-20-21)22(16)25(23,24)13-4-2-1-3-5-13/h1-10H,11H2. The van der Waals surface area contributed by atoms with Crippen LogP contribution in [-0.2, 0) is 16.6 Å². The molecule has 25 heavy (non-hydrogen) atoms. The van der Waals surface area contributed by atoms with E-state index < -0.39 is 10.0 Å². The van der Waals surface area contributed by atoms with Crippen molar-refractivity contribution >= 4 is 37.0 Å². The number of rotatable bonds is 4. The predicted molar refractivity (Wildman–Crippen MR) is 95.6 cm³/mol. The first kappa shape index (κ1) is 16.0. The maximum absolute atomic E-state index is 13.2. The fourth-order valence-electron chi connectivity index (χ4n) is 2.66. The summed E-state index contributed by atoms with van der Waals surface area (Å²) in [5.41, 5.74) is 0.914. The van der Waals surface area contributed by atoms with E-state index in [9.17, 15) is 8.42 Å². The van der Waals surface area contributed by atoms with Crippen LogP contribution < -0.4 is 0 Å². The number of aromatic nitrogens is 5. The Morgan fingerprint density at radius 1 is 1.08 bits per heavy atom. The average molecular weight is 418 g/mol. The fourth-order valence-corrected chi connectivity index (χ4v) is 4.57. The van der Waals surface area contributed by atoms with Gasteiger partial charge in [-0.15, -0.1) is 5.10 Å². The second kappa shape index (κ2) is 6.08. The lowest BCUT2D eigenvalue weighted by Crippen LogP contribution is -2.18. The summed E-state index contributed by atoms with van der Waals surface area (Å²) in [6.07, 6.45) is 4.80. The molecule has 0 radical (unpaired) electrons. The van der Waals surface area contributed by atoms with Crippen molar-refractivity contribution in [3.8, 4) is 0 Å². The number of benzene rings is 1. The summed E-state index contributed by atoms with van der Waals surface area (Å²) in [4.78, 5) is 4.50. The molecule has 0 saturated carbocycles. The van der Waals surface area contributed by atoms with Gasteiger partial charge < -0.3 is 0 Å². The van der Waals surface area contributed by atoms with E-state index in [1.807, 2.05) is 0 Å². The molecule has 4 aromatic rings. The molecule has 0 aliphatic carbocycles. The Balaban J connectivity index is 1.99. The molecule has 0 unspecified atom stereocenters. The van der Waals surface area contributed by atoms with Gasteiger partial charge in [0.1, 0.15) is 0 Å². The quantitative estimate of drug-likeness (QED) is 0.509. The lowest BCUT2D eigenvalue weighted by atomic mass is 10.3. The lowest BCUT2D eigenvalue weighted by molar-refractivity contribution is 0.580. The third kappa shape index (κ3) is 2.75. The largest absolute Gasteiger partial charge is 0.269 e. The van der Waals surface area contributed by atoms with Crippen LogP contribution in [0.5, 0.6) is 0 Å². The van der Waals surface area contributed by atoms with Crippen LogP contribution >= 0.6 is 15.9 Å². The SMILES string of the molecule is O=S(=O)(c1ccccc1)n1c(Cn2ccnn2)cc2c(Br)ccnc21. The van der Waals surface area contributed by atoms with Crippen molar-refractivity contribution in [2.75, 3.05) is 0 Å². The molecule has 0 bridgehead atoms. The van der Waals surface area contributed by atoms with E-state index in [-0.39, 0.29) is 11.4 Å². The van der Waals surface area contributed by atoms with Gasteiger partial charge in [-0.25, -0.2) is 22.1 Å². The summed E-state index contributed by atoms with van der Waals surface area (Å²) in [6, 6.07) is 11.9. The van der Waals surface area contributed by atoms with Gasteiger partial charge in [0, 0.05) is 22.3 Å². The Morgan fingerprint density at radius 3 is 2.60 bits per heavy atom. The summed E-state index contributed by atoms with van der Waals surface area (Å²) < 4.78 is 30.1. The van der Waals surface area contributed by atoms with Crippen LogP contribution in [0.2, 0.25) is 0 Å². The Morgan fingerprint density at radius 2 is 1.88 bits per heavy atom. The first-order valence-corrected chi connectivity index (χ1v) is 9.60. The van der Waals surface area contributed by atoms with E-state index in [4.69, 9.17) is 0 Å². The number of halogens is 1. The number of hydrogen-bond donors (Lipinski definition) is 0. The number of nitrogens with zero attached hydrogens (tertiary/aromatic N) is 5. The third-order valence-corrected chi connectivity index (χ3v) is 6.20. The van der Waals surface area contributed by atoms with Crippen molar-refractivity contribution in [3.63, 3.8) is 0 Å². The first-order valence-electron chi connectivity index (χ1n) is 7.37. The molecule has 0 aliphatic rings. The molecule has 0 atom stereocenters. The molecule has 0 amide bonds. The smallest absolute Gasteiger partial charge is 0.247 e. The topological polar surface area (TPSA) is 82.7 Å². The van der Waals surface area contributed by atoms with Gasteiger partial charge in [0.05, 0.1) is 23.3 Å². The number of fused-ring (bicyclic) bond motifs is 1. The van der Waals surface area contributed by atoms with Gasteiger partial charge in [0.2, 0.25) is 0 Å². The summed E-state index contributed by atoms with van der Waals surface area (Å²) in [5, 5.41) is 8.42. The van der Waals surface area contributed by atoms with Crippen molar-refractivity contribution < 1.29 is 8.42 Å². The molecular weight excluding hydrogens is 406 g/mol. The minimum Gasteiger partial charge on any atom is -0.247 e. The highest BCUT2D eigenvalue weighted by atomic mass is 79.9. The predicted octanol–water partition coefficient (Wildman–Crippen LogP) is 2.68. The van der Waals surface area contributed by atoms with Gasteiger partial charge >= 0.3 is 0 Å². The minimum atomic E-state index is -3.80. The van der Waals surface area contributed by atoms with E-state index in [1.54, 1.807) is 65.7 Å². The highest BCUT2D eigenvalue weighted by molar-refractivity contribution is 9.10. The second-order valence-corrected chi connectivity index (χ2v) is 7.99. The van der Waals surface area contributed by atoms with Gasteiger partial charge in [-0.3, -0.25) is 0 Å². The maximum Gasteiger partial charge on any atom is 0.269 e. The molecule has 0 N–H and O–H groups in total. The average Bonchev–Trinajstić information content (AvgIpc) is 3.24. The molecule has 0 fully saturated rings. The molecule has 7 nitrogen and oxygen atoms in total. The highest BCUT2D eigenvalue weighted by Gasteiger charge is 2.24. The Kier molecular flexibility index (Phi) is 3.89. The van der Waals surface area contributed by atoms with Crippen LogP contribution in [0.4, 0.5) is 0 Å². The van der Waals surface area contributed by atoms with Crippen LogP contribution in [0.15, 0.2) is 70.4 Å². The molecular formula is C16H12BrN5O2S. The normalized spacial score (nSPS) is 11.9. The fraction of sp³-hybridized carbons (Fsp3) is 0.0625. The van der Waals surface area contributed by atoms with Crippen molar-refractivity contribution in [2.45, 2.75) is 11.4 Å². The van der Waals surface area contributed by atoms with Gasteiger partial charge in [0.25, 0.3) is 10.0 Å². The van der Waals surface area contributed by atoms with E-state index in [0.29, 0.717) is 11.3 Å². The van der Waals surface area contributed by atoms with Crippen molar-refractivity contribution in [1.29, 1.82) is 0 Å². The molecule has 4 rings (SSSR count). The van der Waals surface area contributed by atoms with Crippen LogP contribution in [0.1, 0.15) is 5.69 Å². The molecule has 3 heterocycles. The third-order valence-electron chi connectivity index (χ3n) is 3.76. The molecule has 0 aliphatic heterocycles. The van der Waals surface area contributed by atoms with E-state index in [1.165, 1.54) is 3.97 Å². The van der Waals surface area contributed by atoms with Crippen molar-refractivity contribution in [3.05, 3.63) is 71.2 Å². The first-order chi connectivity index (χ1) is 12.1. The van der Waals surface area contributed by atoms with Crippen molar-refractivity contribution in [1.82, 2.24) is 24.0 Å². The molecule has 126 valence electrons. The molecule has 0 saturated heterocycles. The molecule has 3 aromatic heterocycles. The van der Waals surface area contributed by atoms with Crippen LogP contribution in [0.25, 0.3) is 11.0 Å². The molecule has 0 spiro atoms. The maximum atomic E-state index is 13.2. The zero-order valence-electron chi connectivity index (χ0n) is 12.8. The molecule has 1 aromatic carbocycles. The van der Waals surface area contributed by atoms with Crippen LogP contribution in [0, 0.1) is 0 Å². The van der Waals surface area contributed by atoms with Crippen molar-refractivity contribution in [2.24, 2.45) is 0 Å². The zero-order chi connectivity index (χ0) is 17.4. The summed E-state index contributed by atoms with van der Waals surface area (Å²) in [7, 11) is -3.80. The van der Waals surface area contributed by atoms with E-state index in [2.05, 4.69) is 31.2 Å². The van der Waals surface area contributed by atoms with Gasteiger partial charge in [-0.2, -0.15) is 0 Å². The number of hydrogen-bond acceptors (Lipinski definition) is 5. The van der Waals surface area contributed by atoms with Gasteiger partial charge in [-0.05, 0) is 40.2 Å². The Hall–Kier alpha value is -2.52. The van der Waals surface area contributed by atoms with E-state index in [0.717, 1.165) is 9.86 Å². The molecule has 9 heteroatoms. The van der Waals surface area contributed by atoms with Crippen LogP contribution in [-0.4, -0.2) is 32.4 Å². The minimum absolute atomic E-state index is 0.203. The Bertz CT molecular complexity index is 1140. The monoisotopic (exact) mass is 417 g/mol. The number of pyridine rings is 1. The highest BCUT2D eigenvalue weighted by Crippen LogP contribution is 2.29. The van der Waals surface area contributed by atoms with Gasteiger partial charge in [-0.1, -0.05) is 23.4 Å².